The van der Waals surface area contributed by atoms with Crippen molar-refractivity contribution in [3.63, 3.8) is 0 Å². The second kappa shape index (κ2) is 13.5. The van der Waals surface area contributed by atoms with Gasteiger partial charge in [-0.05, 0) is 90.8 Å². The van der Waals surface area contributed by atoms with Crippen LogP contribution < -0.4 is 4.90 Å². The zero-order valence-corrected chi connectivity index (χ0v) is 32.1. The van der Waals surface area contributed by atoms with E-state index in [-0.39, 0.29) is 24.7 Å². The number of halogens is 1. The standard InChI is InChI=1S/C37H45IN2O7Si/c1-35(2,3)46-31(41)30-22-37(47-48(7,8)36(4,5)6)28-21-27(38)19-20-29(28)39(33(42)44-23-25-15-11-9-12-16-25)32(37)40(30)34(43)45-24-26-17-13-10-14-18-26/h9-21,30,32H,22-24H2,1-8H3/t30-,32-,37+/m0/s1. The highest BCUT2D eigenvalue weighted by molar-refractivity contribution is 14.1. The van der Waals surface area contributed by atoms with Gasteiger partial charge in [-0.25, -0.2) is 14.4 Å². The van der Waals surface area contributed by atoms with Gasteiger partial charge in [0.15, 0.2) is 14.5 Å². The molecule has 11 heteroatoms. The molecule has 0 aliphatic carbocycles. The van der Waals surface area contributed by atoms with Gasteiger partial charge in [0.25, 0.3) is 0 Å². The first-order valence-electron chi connectivity index (χ1n) is 16.2. The Labute approximate surface area is 298 Å². The third kappa shape index (κ3) is 7.28. The van der Waals surface area contributed by atoms with Crippen LogP contribution in [0.15, 0.2) is 78.9 Å². The monoisotopic (exact) mass is 784 g/mol. The molecular formula is C37H45IN2O7Si. The normalized spacial score (nSPS) is 20.6. The van der Waals surface area contributed by atoms with Crippen molar-refractivity contribution in [3.8, 4) is 0 Å². The van der Waals surface area contributed by atoms with E-state index < -0.39 is 49.9 Å². The average molecular weight is 785 g/mol. The van der Waals surface area contributed by atoms with Gasteiger partial charge in [-0.2, -0.15) is 0 Å². The average Bonchev–Trinajstić information content (AvgIpc) is 3.47. The van der Waals surface area contributed by atoms with Crippen LogP contribution in [0, 0.1) is 3.57 Å². The molecule has 0 bridgehead atoms. The van der Waals surface area contributed by atoms with E-state index in [4.69, 9.17) is 18.6 Å². The highest BCUT2D eigenvalue weighted by atomic mass is 127. The highest BCUT2D eigenvalue weighted by Gasteiger charge is 2.69. The van der Waals surface area contributed by atoms with Crippen LogP contribution in [0.25, 0.3) is 0 Å². The van der Waals surface area contributed by atoms with Gasteiger partial charge in [0, 0.05) is 15.6 Å². The van der Waals surface area contributed by atoms with Crippen molar-refractivity contribution in [3.05, 3.63) is 99.1 Å². The second-order valence-electron chi connectivity index (χ2n) is 14.9. The molecule has 256 valence electrons. The number of nitrogens with zero attached hydrogens (tertiary/aromatic N) is 2. The number of rotatable bonds is 7. The van der Waals surface area contributed by atoms with E-state index in [2.05, 4.69) is 56.5 Å². The molecule has 2 amide bonds. The number of anilines is 1. The fourth-order valence-electron chi connectivity index (χ4n) is 5.99. The molecule has 0 unspecified atom stereocenters. The maximum atomic E-state index is 14.4. The third-order valence-electron chi connectivity index (χ3n) is 9.17. The van der Waals surface area contributed by atoms with Crippen LogP contribution in [-0.2, 0) is 42.2 Å². The Morgan fingerprint density at radius 2 is 1.38 bits per heavy atom. The maximum Gasteiger partial charge on any atom is 0.416 e. The number of amides is 2. The van der Waals surface area contributed by atoms with E-state index in [0.717, 1.165) is 14.7 Å². The number of hydrogen-bond acceptors (Lipinski definition) is 7. The molecule has 0 N–H and O–H groups in total. The zero-order valence-electron chi connectivity index (χ0n) is 28.9. The van der Waals surface area contributed by atoms with E-state index in [9.17, 15) is 14.4 Å². The first-order chi connectivity index (χ1) is 22.4. The van der Waals surface area contributed by atoms with Crippen molar-refractivity contribution in [2.75, 3.05) is 4.90 Å². The van der Waals surface area contributed by atoms with Crippen molar-refractivity contribution in [1.29, 1.82) is 0 Å². The molecule has 5 rings (SSSR count). The van der Waals surface area contributed by atoms with Crippen LogP contribution in [0.1, 0.15) is 64.7 Å². The van der Waals surface area contributed by atoms with Crippen molar-refractivity contribution in [2.24, 2.45) is 0 Å². The van der Waals surface area contributed by atoms with Crippen molar-refractivity contribution in [2.45, 2.75) is 103 Å². The van der Waals surface area contributed by atoms with Gasteiger partial charge in [-0.1, -0.05) is 81.4 Å². The van der Waals surface area contributed by atoms with Crippen LogP contribution >= 0.6 is 22.6 Å². The van der Waals surface area contributed by atoms with E-state index in [1.807, 2.05) is 78.9 Å². The number of benzene rings is 3. The van der Waals surface area contributed by atoms with Gasteiger partial charge in [0.1, 0.15) is 30.5 Å². The van der Waals surface area contributed by atoms with Gasteiger partial charge < -0.3 is 18.6 Å². The molecule has 48 heavy (non-hydrogen) atoms. The molecule has 1 saturated heterocycles. The first kappa shape index (κ1) is 35.9. The number of esters is 1. The van der Waals surface area contributed by atoms with Crippen LogP contribution in [0.2, 0.25) is 18.1 Å². The van der Waals surface area contributed by atoms with E-state index in [0.29, 0.717) is 11.3 Å². The summed E-state index contributed by atoms with van der Waals surface area (Å²) in [6.07, 6.45) is -2.46. The fraction of sp³-hybridized carbons (Fsp3) is 0.432. The summed E-state index contributed by atoms with van der Waals surface area (Å²) in [5.41, 5.74) is 0.760. The summed E-state index contributed by atoms with van der Waals surface area (Å²) in [5, 5.41) is -0.238. The summed E-state index contributed by atoms with van der Waals surface area (Å²) in [4.78, 5) is 45.6. The number of ether oxygens (including phenoxy) is 3. The Morgan fingerprint density at radius 3 is 1.90 bits per heavy atom. The number of likely N-dealkylation sites (tertiary alicyclic amines) is 1. The lowest BCUT2D eigenvalue weighted by Crippen LogP contribution is -2.59. The molecule has 2 heterocycles. The van der Waals surface area contributed by atoms with E-state index >= 15 is 0 Å². The summed E-state index contributed by atoms with van der Waals surface area (Å²) < 4.78 is 26.1. The van der Waals surface area contributed by atoms with Crippen LogP contribution in [0.3, 0.4) is 0 Å². The third-order valence-corrected chi connectivity index (χ3v) is 14.3. The molecule has 2 aliphatic heterocycles. The number of carbonyl (C=O) groups excluding carboxylic acids is 3. The second-order valence-corrected chi connectivity index (χ2v) is 20.9. The molecule has 2 aliphatic rings. The Morgan fingerprint density at radius 1 is 0.833 bits per heavy atom. The molecule has 9 nitrogen and oxygen atoms in total. The Hall–Kier alpha value is -3.42. The molecule has 0 saturated carbocycles. The topological polar surface area (TPSA) is 94.6 Å². The summed E-state index contributed by atoms with van der Waals surface area (Å²) >= 11 is 2.24. The molecule has 0 aromatic heterocycles. The molecule has 1 fully saturated rings. The summed E-state index contributed by atoms with van der Waals surface area (Å²) in [7, 11) is -2.65. The van der Waals surface area contributed by atoms with Crippen LogP contribution in [-0.4, -0.2) is 49.2 Å². The van der Waals surface area contributed by atoms with Gasteiger partial charge in [-0.3, -0.25) is 9.80 Å². The Bertz CT molecular complexity index is 1660. The molecular weight excluding hydrogens is 739 g/mol. The van der Waals surface area contributed by atoms with E-state index in [1.165, 1.54) is 9.80 Å². The largest absolute Gasteiger partial charge is 0.458 e. The van der Waals surface area contributed by atoms with Gasteiger partial charge >= 0.3 is 18.2 Å². The lowest BCUT2D eigenvalue weighted by Gasteiger charge is -2.45. The Kier molecular flexibility index (Phi) is 10.1. The van der Waals surface area contributed by atoms with E-state index in [1.54, 1.807) is 20.8 Å². The van der Waals surface area contributed by atoms with Crippen LogP contribution in [0.5, 0.6) is 0 Å². The van der Waals surface area contributed by atoms with Gasteiger partial charge in [0.05, 0.1) is 5.69 Å². The summed E-state index contributed by atoms with van der Waals surface area (Å²) in [6, 6.07) is 23.3. The quantitative estimate of drug-likeness (QED) is 0.102. The predicted octanol–water partition coefficient (Wildman–Crippen LogP) is 8.74. The fourth-order valence-corrected chi connectivity index (χ4v) is 8.00. The minimum Gasteiger partial charge on any atom is -0.458 e. The van der Waals surface area contributed by atoms with Crippen molar-refractivity contribution in [1.82, 2.24) is 4.90 Å². The SMILES string of the molecule is CC(C)(C)OC(=O)[C@@H]1C[C@@]2(O[Si](C)(C)C(C)(C)C)c3cc(I)ccc3N(C(=O)OCc3ccccc3)[C@H]2N1C(=O)OCc1ccccc1. The molecule has 0 radical (unpaired) electrons. The lowest BCUT2D eigenvalue weighted by atomic mass is 9.91. The minimum absolute atomic E-state index is 0.0205. The van der Waals surface area contributed by atoms with Crippen molar-refractivity contribution < 1.29 is 33.0 Å². The summed E-state index contributed by atoms with van der Waals surface area (Å²) in [6.45, 7) is 16.0. The molecule has 3 aromatic rings. The number of carbonyl (C=O) groups is 3. The maximum absolute atomic E-state index is 14.4. The smallest absolute Gasteiger partial charge is 0.416 e. The first-order valence-corrected chi connectivity index (χ1v) is 20.1. The Balaban J connectivity index is 1.67. The van der Waals surface area contributed by atoms with Gasteiger partial charge in [0.2, 0.25) is 0 Å². The number of hydrogen-bond donors (Lipinski definition) is 0. The number of fused-ring (bicyclic) bond motifs is 3. The van der Waals surface area contributed by atoms with Gasteiger partial charge in [-0.15, -0.1) is 0 Å². The molecule has 3 atom stereocenters. The minimum atomic E-state index is -2.65. The summed E-state index contributed by atoms with van der Waals surface area (Å²) in [5.74, 6) is -0.600. The zero-order chi connectivity index (χ0) is 35.1. The molecule has 3 aromatic carbocycles. The predicted molar refractivity (Wildman–Crippen MR) is 195 cm³/mol. The lowest BCUT2D eigenvalue weighted by molar-refractivity contribution is -0.160. The molecule has 0 spiro atoms. The van der Waals surface area contributed by atoms with Crippen molar-refractivity contribution >= 4 is 54.8 Å². The van der Waals surface area contributed by atoms with Crippen LogP contribution in [0.4, 0.5) is 15.3 Å². The highest BCUT2D eigenvalue weighted by Crippen LogP contribution is 2.58.